The van der Waals surface area contributed by atoms with Crippen LogP contribution in [0.2, 0.25) is 0 Å². The van der Waals surface area contributed by atoms with E-state index < -0.39 is 4.92 Å². The van der Waals surface area contributed by atoms with Crippen molar-refractivity contribution in [1.82, 2.24) is 0 Å². The number of amides is 1. The number of thioether (sulfide) groups is 1. The molecule has 0 spiro atoms. The molecule has 5 rings (SSSR count). The third kappa shape index (κ3) is 6.47. The lowest BCUT2D eigenvalue weighted by Crippen LogP contribution is -2.28. The number of carbonyl (C=O) groups is 1. The van der Waals surface area contributed by atoms with Crippen LogP contribution in [0.15, 0.2) is 101 Å². The second-order valence-electron chi connectivity index (χ2n) is 9.44. The summed E-state index contributed by atoms with van der Waals surface area (Å²) in [5.41, 5.74) is 5.32. The van der Waals surface area contributed by atoms with Gasteiger partial charge in [-0.1, -0.05) is 41.5 Å². The molecule has 4 aromatic rings. The third-order valence-electron chi connectivity index (χ3n) is 6.38. The minimum Gasteiger partial charge on any atom is -0.493 e. The summed E-state index contributed by atoms with van der Waals surface area (Å²) in [7, 11) is 1.55. The van der Waals surface area contributed by atoms with Crippen LogP contribution < -0.4 is 14.4 Å². The smallest absolute Gasteiger partial charge is 0.271 e. The molecule has 1 aliphatic heterocycles. The SMILES string of the molecule is COc1cc(/C=C2\SC(=Nc3ccc(C)cc3)N(c3ccc(C)cc3)C2=O)ccc1OCc1ccc([N+](=O)[O-])cc1. The number of ether oxygens (including phenoxy) is 2. The van der Waals surface area contributed by atoms with E-state index in [1.165, 1.54) is 23.9 Å². The number of anilines is 1. The van der Waals surface area contributed by atoms with E-state index in [2.05, 4.69) is 0 Å². The molecule has 0 saturated carbocycles. The average Bonchev–Trinajstić information content (AvgIpc) is 3.27. The summed E-state index contributed by atoms with van der Waals surface area (Å²) in [5.74, 6) is 0.851. The maximum Gasteiger partial charge on any atom is 0.271 e. The van der Waals surface area contributed by atoms with Crippen LogP contribution in [0.4, 0.5) is 17.1 Å². The Bertz CT molecular complexity index is 1650. The highest BCUT2D eigenvalue weighted by Crippen LogP contribution is 2.38. The van der Waals surface area contributed by atoms with Crippen LogP contribution in [0, 0.1) is 24.0 Å². The first-order chi connectivity index (χ1) is 19.8. The number of hydrogen-bond donors (Lipinski definition) is 0. The normalized spacial score (nSPS) is 15.0. The van der Waals surface area contributed by atoms with Gasteiger partial charge in [-0.25, -0.2) is 4.99 Å². The van der Waals surface area contributed by atoms with E-state index in [0.29, 0.717) is 21.6 Å². The van der Waals surface area contributed by atoms with Crippen LogP contribution in [0.25, 0.3) is 6.08 Å². The second-order valence-corrected chi connectivity index (χ2v) is 10.4. The highest BCUT2D eigenvalue weighted by Gasteiger charge is 2.34. The fourth-order valence-electron chi connectivity index (χ4n) is 4.12. The molecule has 1 saturated heterocycles. The van der Waals surface area contributed by atoms with Crippen LogP contribution in [0.3, 0.4) is 0 Å². The number of methoxy groups -OCH3 is 1. The zero-order valence-corrected chi connectivity index (χ0v) is 23.6. The van der Waals surface area contributed by atoms with Gasteiger partial charge >= 0.3 is 0 Å². The summed E-state index contributed by atoms with van der Waals surface area (Å²) in [6.45, 7) is 4.24. The second kappa shape index (κ2) is 12.1. The summed E-state index contributed by atoms with van der Waals surface area (Å²) in [6, 6.07) is 27.2. The highest BCUT2D eigenvalue weighted by atomic mass is 32.2. The minimum atomic E-state index is -0.439. The van der Waals surface area contributed by atoms with Gasteiger partial charge in [-0.05, 0) is 91.3 Å². The van der Waals surface area contributed by atoms with Crippen LogP contribution in [0.5, 0.6) is 11.5 Å². The molecule has 0 N–H and O–H groups in total. The summed E-state index contributed by atoms with van der Waals surface area (Å²) in [5, 5.41) is 11.5. The van der Waals surface area contributed by atoms with E-state index >= 15 is 0 Å². The third-order valence-corrected chi connectivity index (χ3v) is 7.35. The Balaban J connectivity index is 1.40. The van der Waals surface area contributed by atoms with Gasteiger partial charge in [0, 0.05) is 12.1 Å². The van der Waals surface area contributed by atoms with E-state index in [9.17, 15) is 14.9 Å². The molecule has 9 heteroatoms. The van der Waals surface area contributed by atoms with E-state index in [-0.39, 0.29) is 18.2 Å². The van der Waals surface area contributed by atoms with Crippen LogP contribution >= 0.6 is 11.8 Å². The Kier molecular flexibility index (Phi) is 8.16. The zero-order chi connectivity index (χ0) is 28.9. The van der Waals surface area contributed by atoms with Gasteiger partial charge in [0.1, 0.15) is 6.61 Å². The van der Waals surface area contributed by atoms with Crippen molar-refractivity contribution in [2.24, 2.45) is 4.99 Å². The van der Waals surface area contributed by atoms with Crippen molar-refractivity contribution in [2.75, 3.05) is 12.0 Å². The summed E-state index contributed by atoms with van der Waals surface area (Å²) in [6.07, 6.45) is 1.81. The first-order valence-electron chi connectivity index (χ1n) is 12.8. The number of benzene rings is 4. The lowest BCUT2D eigenvalue weighted by atomic mass is 10.1. The summed E-state index contributed by atoms with van der Waals surface area (Å²) >= 11 is 1.32. The quantitative estimate of drug-likeness (QED) is 0.124. The number of carbonyl (C=O) groups excluding carboxylic acids is 1. The summed E-state index contributed by atoms with van der Waals surface area (Å²) in [4.78, 5) is 31.1. The molecular formula is C32H27N3O5S. The number of aliphatic imine (C=N–C) groups is 1. The van der Waals surface area contributed by atoms with Crippen molar-refractivity contribution in [3.05, 3.63) is 128 Å². The number of hydrogen-bond acceptors (Lipinski definition) is 7. The number of nitro groups is 1. The Labute approximate surface area is 242 Å². The number of aryl methyl sites for hydroxylation is 2. The first kappa shape index (κ1) is 27.7. The number of non-ortho nitro benzene ring substituents is 1. The molecular weight excluding hydrogens is 538 g/mol. The fourth-order valence-corrected chi connectivity index (χ4v) is 5.12. The Hall–Kier alpha value is -4.89. The molecule has 0 aromatic heterocycles. The molecule has 1 heterocycles. The van der Waals surface area contributed by atoms with E-state index in [0.717, 1.165) is 33.6 Å². The maximum absolute atomic E-state index is 13.7. The number of nitrogens with zero attached hydrogens (tertiary/aromatic N) is 3. The van der Waals surface area contributed by atoms with Crippen molar-refractivity contribution < 1.29 is 19.2 Å². The van der Waals surface area contributed by atoms with Gasteiger partial charge in [0.05, 0.1) is 28.3 Å². The minimum absolute atomic E-state index is 0.0241. The molecule has 0 atom stereocenters. The standard InChI is InChI=1S/C32H27N3O5S/c1-21-4-11-25(12-5-21)33-32-34(26-13-6-22(2)7-14-26)31(36)30(41-32)19-24-10-17-28(29(18-24)39-3)40-20-23-8-15-27(16-9-23)35(37)38/h4-19H,20H2,1-3H3/b30-19-,33-32?. The van der Waals surface area contributed by atoms with Gasteiger partial charge in [-0.15, -0.1) is 0 Å². The van der Waals surface area contributed by atoms with Crippen LogP contribution in [-0.2, 0) is 11.4 Å². The predicted molar refractivity (Wildman–Crippen MR) is 163 cm³/mol. The molecule has 8 nitrogen and oxygen atoms in total. The van der Waals surface area contributed by atoms with Crippen LogP contribution in [-0.4, -0.2) is 23.1 Å². The zero-order valence-electron chi connectivity index (χ0n) is 22.7. The van der Waals surface area contributed by atoms with E-state index in [1.54, 1.807) is 36.3 Å². The monoisotopic (exact) mass is 565 g/mol. The molecule has 4 aromatic carbocycles. The van der Waals surface area contributed by atoms with Gasteiger partial charge in [0.15, 0.2) is 16.7 Å². The van der Waals surface area contributed by atoms with Crippen molar-refractivity contribution >= 4 is 46.0 Å². The van der Waals surface area contributed by atoms with Gasteiger partial charge in [-0.3, -0.25) is 19.8 Å². The Morgan fingerprint density at radius 2 is 1.56 bits per heavy atom. The fraction of sp³-hybridized carbons (Fsp3) is 0.125. The molecule has 1 fully saturated rings. The van der Waals surface area contributed by atoms with Crippen molar-refractivity contribution in [2.45, 2.75) is 20.5 Å². The summed E-state index contributed by atoms with van der Waals surface area (Å²) < 4.78 is 11.5. The highest BCUT2D eigenvalue weighted by molar-refractivity contribution is 8.19. The molecule has 0 bridgehead atoms. The Morgan fingerprint density at radius 1 is 0.902 bits per heavy atom. The van der Waals surface area contributed by atoms with Crippen LogP contribution in [0.1, 0.15) is 22.3 Å². The van der Waals surface area contributed by atoms with Gasteiger partial charge < -0.3 is 9.47 Å². The predicted octanol–water partition coefficient (Wildman–Crippen LogP) is 7.61. The first-order valence-corrected chi connectivity index (χ1v) is 13.6. The molecule has 0 aliphatic carbocycles. The molecule has 41 heavy (non-hydrogen) atoms. The molecule has 1 aliphatic rings. The molecule has 206 valence electrons. The number of amidine groups is 1. The molecule has 1 amide bonds. The van der Waals surface area contributed by atoms with Crippen molar-refractivity contribution in [3.8, 4) is 11.5 Å². The number of nitro benzene ring substituents is 1. The molecule has 0 radical (unpaired) electrons. The number of rotatable bonds is 8. The maximum atomic E-state index is 13.7. The largest absolute Gasteiger partial charge is 0.493 e. The topological polar surface area (TPSA) is 94.3 Å². The van der Waals surface area contributed by atoms with Gasteiger partial charge in [-0.2, -0.15) is 0 Å². The van der Waals surface area contributed by atoms with E-state index in [1.807, 2.05) is 74.5 Å². The average molecular weight is 566 g/mol. The van der Waals surface area contributed by atoms with Crippen molar-refractivity contribution in [1.29, 1.82) is 0 Å². The van der Waals surface area contributed by atoms with Gasteiger partial charge in [0.25, 0.3) is 11.6 Å². The van der Waals surface area contributed by atoms with Gasteiger partial charge in [0.2, 0.25) is 0 Å². The Morgan fingerprint density at radius 3 is 2.20 bits per heavy atom. The lowest BCUT2D eigenvalue weighted by Gasteiger charge is -2.16. The van der Waals surface area contributed by atoms with E-state index in [4.69, 9.17) is 14.5 Å². The lowest BCUT2D eigenvalue weighted by molar-refractivity contribution is -0.384. The molecule has 0 unspecified atom stereocenters. The van der Waals surface area contributed by atoms with Crippen molar-refractivity contribution in [3.63, 3.8) is 0 Å².